The maximum Gasteiger partial charge on any atom is 0.316 e. The number of aryl methyl sites for hydroxylation is 2. The number of amides is 2. The molecule has 0 bridgehead atoms. The van der Waals surface area contributed by atoms with Crippen LogP contribution in [0.1, 0.15) is 26.5 Å². The predicted octanol–water partition coefficient (Wildman–Crippen LogP) is -0.696. The van der Waals surface area contributed by atoms with Crippen LogP contribution in [0.2, 0.25) is 0 Å². The zero-order chi connectivity index (χ0) is 18.2. The summed E-state index contributed by atoms with van der Waals surface area (Å²) in [6, 6.07) is 8.67. The quantitative estimate of drug-likeness (QED) is 0.213. The normalized spacial score (nSPS) is 10.6. The van der Waals surface area contributed by atoms with Gasteiger partial charge in [0.25, 0.3) is 11.6 Å². The molecule has 3 N–H and O–H groups in total. The molecule has 0 unspecified atom stereocenters. The van der Waals surface area contributed by atoms with Crippen molar-refractivity contribution in [1.29, 1.82) is 0 Å². The van der Waals surface area contributed by atoms with Gasteiger partial charge in [-0.1, -0.05) is 5.16 Å². The van der Waals surface area contributed by atoms with Gasteiger partial charge in [-0.25, -0.2) is 0 Å². The molecule has 0 aliphatic rings. The molecular weight excluding hydrogens is 322 g/mol. The Kier molecular flexibility index (Phi) is 6.16. The van der Waals surface area contributed by atoms with Crippen LogP contribution < -0.4 is 19.8 Å². The third-order valence-electron chi connectivity index (χ3n) is 3.61. The second-order valence-corrected chi connectivity index (χ2v) is 5.41. The van der Waals surface area contributed by atoms with Crippen molar-refractivity contribution >= 4 is 18.0 Å². The molecule has 25 heavy (non-hydrogen) atoms. The lowest BCUT2D eigenvalue weighted by atomic mass is 10.2. The van der Waals surface area contributed by atoms with E-state index in [0.29, 0.717) is 30.0 Å². The number of hydrogen-bond acceptors (Lipinski definition) is 4. The maximum absolute atomic E-state index is 12.1. The van der Waals surface area contributed by atoms with E-state index in [4.69, 9.17) is 5.21 Å². The molecule has 0 atom stereocenters. The summed E-state index contributed by atoms with van der Waals surface area (Å²) in [7, 11) is 3.54. The van der Waals surface area contributed by atoms with Crippen molar-refractivity contribution in [2.45, 2.75) is 0 Å². The molecule has 2 aromatic rings. The number of pyridine rings is 2. The molecule has 2 heterocycles. The summed E-state index contributed by atoms with van der Waals surface area (Å²) < 4.78 is 3.40. The highest BCUT2D eigenvalue weighted by Crippen LogP contribution is 1.97. The zero-order valence-electron chi connectivity index (χ0n) is 14.1. The Labute approximate surface area is 145 Å². The lowest BCUT2D eigenvalue weighted by Crippen LogP contribution is -2.42. The summed E-state index contributed by atoms with van der Waals surface area (Å²) in [5.41, 5.74) is 1.67. The molecule has 0 fully saturated rings. The Bertz CT molecular complexity index is 805. The van der Waals surface area contributed by atoms with Gasteiger partial charge in [-0.05, 0) is 12.1 Å². The van der Waals surface area contributed by atoms with E-state index >= 15 is 0 Å². The lowest BCUT2D eigenvalue weighted by Gasteiger charge is -2.06. The summed E-state index contributed by atoms with van der Waals surface area (Å²) in [6.45, 7) is 0.630. The smallest absolute Gasteiger partial charge is 0.316 e. The predicted molar refractivity (Wildman–Crippen MR) is 89.3 cm³/mol. The average molecular weight is 343 g/mol. The molecule has 8 nitrogen and oxygen atoms in total. The molecule has 2 amide bonds. The van der Waals surface area contributed by atoms with Crippen molar-refractivity contribution in [3.05, 3.63) is 59.7 Å². The first-order chi connectivity index (χ1) is 12.0. The number of hydrogen-bond donors (Lipinski definition) is 3. The lowest BCUT2D eigenvalue weighted by molar-refractivity contribution is -0.673. The summed E-state index contributed by atoms with van der Waals surface area (Å²) in [5.74, 6) is -0.445. The van der Waals surface area contributed by atoms with Gasteiger partial charge < -0.3 is 15.8 Å². The average Bonchev–Trinajstić information content (AvgIpc) is 2.60. The third-order valence-corrected chi connectivity index (χ3v) is 3.61. The molecule has 2 rings (SSSR count). The molecule has 8 heteroatoms. The highest BCUT2D eigenvalue weighted by molar-refractivity contribution is 5.94. The molecule has 130 valence electrons. The monoisotopic (exact) mass is 343 g/mol. The topological polar surface area (TPSA) is 98.5 Å². The van der Waals surface area contributed by atoms with Gasteiger partial charge in [0.2, 0.25) is 5.69 Å². The van der Waals surface area contributed by atoms with Crippen molar-refractivity contribution < 1.29 is 23.9 Å². The fraction of sp³-hybridized carbons (Fsp3) is 0.235. The third kappa shape index (κ3) is 4.84. The summed E-state index contributed by atoms with van der Waals surface area (Å²) in [4.78, 5) is 24.2. The molecule has 0 radical (unpaired) electrons. The number of carbonyl (C=O) groups excluding carboxylic acids is 2. The van der Waals surface area contributed by atoms with Gasteiger partial charge in [-0.3, -0.25) is 9.59 Å². The van der Waals surface area contributed by atoms with Crippen molar-refractivity contribution in [2.75, 3.05) is 13.1 Å². The van der Waals surface area contributed by atoms with Gasteiger partial charge in [0.15, 0.2) is 12.4 Å². The zero-order valence-corrected chi connectivity index (χ0v) is 14.1. The van der Waals surface area contributed by atoms with E-state index in [1.165, 1.54) is 6.21 Å². The first-order valence-corrected chi connectivity index (χ1v) is 7.71. The standard InChI is InChI=1S/C17H19N5O3/c1-21-10-4-3-5-15(21)17(24)19-9-8-18-16(23)13-6-7-14(11-20-25)22(2)12-13/h3-7,10-12H,8-9H2,1-2H3,(H-,18,19,23,24)/p+2. The summed E-state index contributed by atoms with van der Waals surface area (Å²) in [5, 5.41) is 17.0. The van der Waals surface area contributed by atoms with E-state index in [1.807, 2.05) is 6.07 Å². The molecule has 0 saturated carbocycles. The number of oxime groups is 1. The minimum atomic E-state index is -0.248. The van der Waals surface area contributed by atoms with Crippen molar-refractivity contribution in [1.82, 2.24) is 10.6 Å². The SMILES string of the molecule is C[n+]1cc(C(=O)NCCNC(=O)c2cccc[n+]2C)ccc1/C=N\O. The van der Waals surface area contributed by atoms with E-state index in [-0.39, 0.29) is 11.8 Å². The van der Waals surface area contributed by atoms with Gasteiger partial charge in [0, 0.05) is 31.3 Å². The molecule has 2 aromatic heterocycles. The van der Waals surface area contributed by atoms with E-state index in [9.17, 15) is 9.59 Å². The highest BCUT2D eigenvalue weighted by atomic mass is 16.4. The van der Waals surface area contributed by atoms with Crippen LogP contribution in [0.3, 0.4) is 0 Å². The van der Waals surface area contributed by atoms with Crippen LogP contribution in [0.15, 0.2) is 47.9 Å². The fourth-order valence-electron chi connectivity index (χ4n) is 2.25. The van der Waals surface area contributed by atoms with Crippen LogP contribution in [-0.2, 0) is 14.1 Å². The Morgan fingerprint density at radius 2 is 1.80 bits per heavy atom. The molecule has 0 aliphatic heterocycles. The van der Waals surface area contributed by atoms with Gasteiger partial charge in [0.05, 0.1) is 0 Å². The minimum absolute atomic E-state index is 0.198. The number of aromatic nitrogens is 2. The van der Waals surface area contributed by atoms with E-state index in [0.717, 1.165) is 0 Å². The van der Waals surface area contributed by atoms with Gasteiger partial charge >= 0.3 is 5.91 Å². The molecule has 0 spiro atoms. The number of nitrogens with one attached hydrogen (secondary N) is 2. The minimum Gasteiger partial charge on any atom is -0.411 e. The second kappa shape index (κ2) is 8.53. The van der Waals surface area contributed by atoms with Crippen LogP contribution in [-0.4, -0.2) is 36.3 Å². The van der Waals surface area contributed by atoms with Gasteiger partial charge in [-0.2, -0.15) is 9.13 Å². The fourth-order valence-corrected chi connectivity index (χ4v) is 2.25. The van der Waals surface area contributed by atoms with Crippen molar-refractivity contribution in [3.63, 3.8) is 0 Å². The van der Waals surface area contributed by atoms with Crippen molar-refractivity contribution in [2.24, 2.45) is 19.3 Å². The Morgan fingerprint density at radius 3 is 2.44 bits per heavy atom. The Morgan fingerprint density at radius 1 is 1.08 bits per heavy atom. The van der Waals surface area contributed by atoms with Crippen LogP contribution in [0.5, 0.6) is 0 Å². The number of carbonyl (C=O) groups is 2. The molecule has 0 aliphatic carbocycles. The van der Waals surface area contributed by atoms with E-state index in [2.05, 4.69) is 15.8 Å². The summed E-state index contributed by atoms with van der Waals surface area (Å²) >= 11 is 0. The van der Waals surface area contributed by atoms with Crippen molar-refractivity contribution in [3.8, 4) is 0 Å². The Hall–Kier alpha value is -3.29. The van der Waals surface area contributed by atoms with Crippen LogP contribution in [0.4, 0.5) is 0 Å². The highest BCUT2D eigenvalue weighted by Gasteiger charge is 2.15. The van der Waals surface area contributed by atoms with Crippen LogP contribution in [0, 0.1) is 0 Å². The second-order valence-electron chi connectivity index (χ2n) is 5.41. The number of nitrogens with zero attached hydrogens (tertiary/aromatic N) is 3. The Balaban J connectivity index is 1.84. The molecule has 0 saturated heterocycles. The first-order valence-electron chi connectivity index (χ1n) is 7.71. The first kappa shape index (κ1) is 18.1. The summed E-state index contributed by atoms with van der Waals surface area (Å²) in [6.07, 6.45) is 4.71. The van der Waals surface area contributed by atoms with E-state index < -0.39 is 0 Å². The number of rotatable bonds is 6. The molecular formula is C17H21N5O3+2. The van der Waals surface area contributed by atoms with Gasteiger partial charge in [0.1, 0.15) is 25.9 Å². The van der Waals surface area contributed by atoms with Crippen LogP contribution >= 0.6 is 0 Å². The molecule has 0 aromatic carbocycles. The van der Waals surface area contributed by atoms with Gasteiger partial charge in [-0.15, -0.1) is 0 Å². The largest absolute Gasteiger partial charge is 0.411 e. The maximum atomic E-state index is 12.1. The van der Waals surface area contributed by atoms with Crippen LogP contribution in [0.25, 0.3) is 0 Å². The van der Waals surface area contributed by atoms with E-state index in [1.54, 1.807) is 59.9 Å².